The molecule has 0 radical (unpaired) electrons. The Bertz CT molecular complexity index is 790. The highest BCUT2D eigenvalue weighted by Crippen LogP contribution is 2.64. The third-order valence-electron chi connectivity index (χ3n) is 6.57. The fraction of sp³-hybridized carbons (Fsp3) is 0.591. The van der Waals surface area contributed by atoms with Gasteiger partial charge in [0.15, 0.2) is 6.61 Å². The van der Waals surface area contributed by atoms with E-state index in [-0.39, 0.29) is 36.3 Å². The first-order valence-electron chi connectivity index (χ1n) is 10.0. The topological polar surface area (TPSA) is 70.4 Å². The second-order valence-corrected chi connectivity index (χ2v) is 9.56. The molecule has 0 aromatic heterocycles. The number of anilines is 1. The average Bonchev–Trinajstić information content (AvgIpc) is 2.65. The van der Waals surface area contributed by atoms with E-state index in [0.29, 0.717) is 23.9 Å². The molecule has 1 amide bonds. The molecule has 0 spiro atoms. The standard InChI is InChI=1S/C22H25ClN2O3/c23-22-12-16-9-17(13-22)11-21(10-16,15-22)20(27)28-14-19(26)25(8-4-7-24)18-5-2-1-3-6-18/h1-3,5-6,16-17H,4,8-15H2/t16-,17+,21?,22?. The molecular weight excluding hydrogens is 376 g/mol. The van der Waals surface area contributed by atoms with Gasteiger partial charge in [0.25, 0.3) is 5.91 Å². The minimum atomic E-state index is -0.518. The minimum Gasteiger partial charge on any atom is -0.455 e. The summed E-state index contributed by atoms with van der Waals surface area (Å²) in [5, 5.41) is 8.90. The normalized spacial score (nSPS) is 32.6. The van der Waals surface area contributed by atoms with Gasteiger partial charge in [-0.3, -0.25) is 9.59 Å². The van der Waals surface area contributed by atoms with Crippen LogP contribution in [0.25, 0.3) is 0 Å². The third kappa shape index (κ3) is 3.63. The summed E-state index contributed by atoms with van der Waals surface area (Å²) in [6, 6.07) is 11.2. The molecule has 0 N–H and O–H groups in total. The number of alkyl halides is 1. The maximum atomic E-state index is 13.0. The van der Waals surface area contributed by atoms with Crippen molar-refractivity contribution in [3.63, 3.8) is 0 Å². The maximum absolute atomic E-state index is 13.0. The lowest BCUT2D eigenvalue weighted by Gasteiger charge is -2.58. The van der Waals surface area contributed by atoms with Crippen molar-refractivity contribution in [2.45, 2.75) is 49.8 Å². The summed E-state index contributed by atoms with van der Waals surface area (Å²) < 4.78 is 5.54. The molecule has 0 heterocycles. The fourth-order valence-corrected chi connectivity index (χ4v) is 6.61. The van der Waals surface area contributed by atoms with Gasteiger partial charge in [0.2, 0.25) is 0 Å². The van der Waals surface area contributed by atoms with Crippen LogP contribution in [0.3, 0.4) is 0 Å². The van der Waals surface area contributed by atoms with E-state index < -0.39 is 5.41 Å². The average molecular weight is 401 g/mol. The van der Waals surface area contributed by atoms with Crippen LogP contribution >= 0.6 is 11.6 Å². The predicted molar refractivity (Wildman–Crippen MR) is 106 cm³/mol. The predicted octanol–water partition coefficient (Wildman–Crippen LogP) is 4.05. The summed E-state index contributed by atoms with van der Waals surface area (Å²) in [5.74, 6) is 0.422. The van der Waals surface area contributed by atoms with Gasteiger partial charge in [0.05, 0.1) is 17.9 Å². The van der Waals surface area contributed by atoms with Gasteiger partial charge in [0.1, 0.15) is 0 Å². The number of carbonyl (C=O) groups excluding carboxylic acids is 2. The quantitative estimate of drug-likeness (QED) is 0.533. The molecule has 148 valence electrons. The molecule has 5 nitrogen and oxygen atoms in total. The number of hydrogen-bond donors (Lipinski definition) is 0. The van der Waals surface area contributed by atoms with E-state index in [9.17, 15) is 9.59 Å². The summed E-state index contributed by atoms with van der Waals surface area (Å²) in [5.41, 5.74) is 0.185. The van der Waals surface area contributed by atoms with Crippen LogP contribution in [0.2, 0.25) is 0 Å². The molecule has 0 saturated heterocycles. The van der Waals surface area contributed by atoms with Gasteiger partial charge in [-0.25, -0.2) is 0 Å². The highest BCUT2D eigenvalue weighted by atomic mass is 35.5. The number of ether oxygens (including phenoxy) is 1. The number of amides is 1. The highest BCUT2D eigenvalue weighted by molar-refractivity contribution is 6.24. The zero-order valence-corrected chi connectivity index (χ0v) is 16.7. The molecule has 1 aromatic carbocycles. The number of esters is 1. The summed E-state index contributed by atoms with van der Waals surface area (Å²) in [4.78, 5) is 27.0. The van der Waals surface area contributed by atoms with E-state index in [1.165, 1.54) is 11.3 Å². The lowest BCUT2D eigenvalue weighted by atomic mass is 9.49. The van der Waals surface area contributed by atoms with Gasteiger partial charge < -0.3 is 9.64 Å². The number of halogens is 1. The lowest BCUT2D eigenvalue weighted by molar-refractivity contribution is -0.171. The molecule has 2 unspecified atom stereocenters. The van der Waals surface area contributed by atoms with Crippen LogP contribution < -0.4 is 4.90 Å². The van der Waals surface area contributed by atoms with Crippen molar-refractivity contribution in [2.24, 2.45) is 17.3 Å². The van der Waals surface area contributed by atoms with Crippen molar-refractivity contribution in [2.75, 3.05) is 18.1 Å². The third-order valence-corrected chi connectivity index (χ3v) is 7.01. The zero-order chi connectivity index (χ0) is 19.8. The van der Waals surface area contributed by atoms with Crippen LogP contribution in [-0.4, -0.2) is 29.9 Å². The van der Waals surface area contributed by atoms with Crippen LogP contribution in [0.5, 0.6) is 0 Å². The number of rotatable bonds is 6. The van der Waals surface area contributed by atoms with E-state index in [2.05, 4.69) is 6.07 Å². The second-order valence-electron chi connectivity index (χ2n) is 8.76. The molecule has 4 atom stereocenters. The fourth-order valence-electron chi connectivity index (χ4n) is 5.92. The van der Waals surface area contributed by atoms with Gasteiger partial charge >= 0.3 is 5.97 Å². The van der Waals surface area contributed by atoms with Crippen LogP contribution in [0.4, 0.5) is 5.69 Å². The van der Waals surface area contributed by atoms with Crippen LogP contribution in [0, 0.1) is 28.6 Å². The Hall–Kier alpha value is -2.06. The van der Waals surface area contributed by atoms with Crippen molar-refractivity contribution < 1.29 is 14.3 Å². The number of nitrogens with zero attached hydrogens (tertiary/aromatic N) is 2. The molecule has 28 heavy (non-hydrogen) atoms. The van der Waals surface area contributed by atoms with Crippen molar-refractivity contribution in [3.05, 3.63) is 30.3 Å². The van der Waals surface area contributed by atoms with Gasteiger partial charge in [-0.15, -0.1) is 11.6 Å². The van der Waals surface area contributed by atoms with E-state index in [4.69, 9.17) is 21.6 Å². The first-order valence-corrected chi connectivity index (χ1v) is 10.4. The van der Waals surface area contributed by atoms with E-state index in [1.54, 1.807) is 0 Å². The van der Waals surface area contributed by atoms with Crippen LogP contribution in [0.1, 0.15) is 44.9 Å². The van der Waals surface area contributed by atoms with Gasteiger partial charge in [-0.05, 0) is 62.5 Å². The monoisotopic (exact) mass is 400 g/mol. The molecule has 4 fully saturated rings. The maximum Gasteiger partial charge on any atom is 0.312 e. The Balaban J connectivity index is 1.42. The zero-order valence-electron chi connectivity index (χ0n) is 15.9. The number of hydrogen-bond acceptors (Lipinski definition) is 4. The number of para-hydroxylation sites is 1. The number of benzene rings is 1. The Morgan fingerprint density at radius 3 is 2.46 bits per heavy atom. The SMILES string of the molecule is N#CCCN(C(=O)COC(=O)C12C[C@@H]3C[C@@H](CC(Cl)(C3)C1)C2)c1ccccc1. The first-order chi connectivity index (χ1) is 13.4. The smallest absolute Gasteiger partial charge is 0.312 e. The largest absolute Gasteiger partial charge is 0.455 e. The number of nitriles is 1. The lowest BCUT2D eigenvalue weighted by Crippen LogP contribution is -2.56. The summed E-state index contributed by atoms with van der Waals surface area (Å²) >= 11 is 6.80. The number of carbonyl (C=O) groups is 2. The summed E-state index contributed by atoms with van der Waals surface area (Å²) in [6.45, 7) is -0.0253. The van der Waals surface area contributed by atoms with Crippen LogP contribution in [-0.2, 0) is 14.3 Å². The van der Waals surface area contributed by atoms with Crippen LogP contribution in [0.15, 0.2) is 30.3 Å². The Labute approximate surface area is 170 Å². The molecule has 0 aliphatic heterocycles. The molecule has 4 aliphatic carbocycles. The Morgan fingerprint density at radius 2 is 1.86 bits per heavy atom. The molecule has 1 aromatic rings. The van der Waals surface area contributed by atoms with Gasteiger partial charge in [-0.2, -0.15) is 5.26 Å². The molecular formula is C22H25ClN2O3. The van der Waals surface area contributed by atoms with Crippen molar-refractivity contribution >= 4 is 29.2 Å². The second kappa shape index (κ2) is 7.40. The first kappa shape index (κ1) is 19.3. The molecule has 4 saturated carbocycles. The Kier molecular flexibility index (Phi) is 5.09. The van der Waals surface area contributed by atoms with Gasteiger partial charge in [0, 0.05) is 17.1 Å². The van der Waals surface area contributed by atoms with Gasteiger partial charge in [-0.1, -0.05) is 18.2 Å². The van der Waals surface area contributed by atoms with E-state index in [1.807, 2.05) is 30.3 Å². The summed E-state index contributed by atoms with van der Waals surface area (Å²) in [7, 11) is 0. The van der Waals surface area contributed by atoms with Crippen molar-refractivity contribution in [3.8, 4) is 6.07 Å². The highest BCUT2D eigenvalue weighted by Gasteiger charge is 2.60. The molecule has 4 aliphatic rings. The molecule has 4 bridgehead atoms. The Morgan fingerprint density at radius 1 is 1.18 bits per heavy atom. The minimum absolute atomic E-state index is 0.219. The van der Waals surface area contributed by atoms with Crippen molar-refractivity contribution in [1.82, 2.24) is 0 Å². The van der Waals surface area contributed by atoms with E-state index >= 15 is 0 Å². The molecule has 6 heteroatoms. The van der Waals surface area contributed by atoms with Crippen molar-refractivity contribution in [1.29, 1.82) is 5.26 Å². The molecule has 5 rings (SSSR count). The van der Waals surface area contributed by atoms with E-state index in [0.717, 1.165) is 25.7 Å². The summed E-state index contributed by atoms with van der Waals surface area (Å²) in [6.07, 6.45) is 5.71.